The van der Waals surface area contributed by atoms with E-state index in [1.54, 1.807) is 0 Å². The number of carboxylic acids is 1. The third-order valence-electron chi connectivity index (χ3n) is 7.91. The van der Waals surface area contributed by atoms with Crippen LogP contribution in [0.25, 0.3) is 0 Å². The Morgan fingerprint density at radius 2 is 1.91 bits per heavy atom. The molecule has 178 valence electrons. The summed E-state index contributed by atoms with van der Waals surface area (Å²) >= 11 is 0. The van der Waals surface area contributed by atoms with Gasteiger partial charge in [0.25, 0.3) is 0 Å². The second kappa shape index (κ2) is 9.31. The predicted octanol–water partition coefficient (Wildman–Crippen LogP) is 4.87. The highest BCUT2D eigenvalue weighted by Crippen LogP contribution is 2.40. The van der Waals surface area contributed by atoms with Crippen molar-refractivity contribution in [1.29, 1.82) is 0 Å². The maximum absolute atomic E-state index is 11.8. The van der Waals surface area contributed by atoms with E-state index in [4.69, 9.17) is 9.97 Å². The number of carbonyl (C=O) groups is 1. The molecule has 3 atom stereocenters. The van der Waals surface area contributed by atoms with Gasteiger partial charge in [0.15, 0.2) is 0 Å². The third kappa shape index (κ3) is 5.14. The van der Waals surface area contributed by atoms with Crippen molar-refractivity contribution in [1.82, 2.24) is 20.2 Å². The molecule has 0 bridgehead atoms. The van der Waals surface area contributed by atoms with Gasteiger partial charge in [-0.25, -0.2) is 4.98 Å². The number of hydrogen-bond acceptors (Lipinski definition) is 6. The minimum absolute atomic E-state index is 0.109. The molecular formula is C25H36N6O2. The van der Waals surface area contributed by atoms with Gasteiger partial charge in [-0.15, -0.1) is 0 Å². The van der Waals surface area contributed by atoms with Crippen LogP contribution in [0.2, 0.25) is 0 Å². The fraction of sp³-hybridized carbons (Fsp3) is 0.680. The number of nitrogens with one attached hydrogen (secondary N) is 2. The molecule has 33 heavy (non-hydrogen) atoms. The molecule has 2 saturated carbocycles. The SMILES string of the molecule is Cc1cc(Nc2cc(C3CC3)n[nH]2)nc(N2C[C@H](C3CCCCC3)C[C@H](C(C)C(=O)O)C2)n1. The lowest BCUT2D eigenvalue weighted by Gasteiger charge is -2.43. The maximum atomic E-state index is 11.8. The first kappa shape index (κ1) is 22.2. The van der Waals surface area contributed by atoms with Crippen molar-refractivity contribution in [3.8, 4) is 0 Å². The summed E-state index contributed by atoms with van der Waals surface area (Å²) in [6.07, 6.45) is 9.86. The Morgan fingerprint density at radius 1 is 1.12 bits per heavy atom. The number of anilines is 3. The zero-order chi connectivity index (χ0) is 22.9. The second-order valence-corrected chi connectivity index (χ2v) is 10.5. The van der Waals surface area contributed by atoms with E-state index >= 15 is 0 Å². The van der Waals surface area contributed by atoms with Crippen LogP contribution in [0.3, 0.4) is 0 Å². The van der Waals surface area contributed by atoms with E-state index in [1.807, 2.05) is 19.9 Å². The van der Waals surface area contributed by atoms with Crippen molar-refractivity contribution in [2.24, 2.45) is 23.7 Å². The summed E-state index contributed by atoms with van der Waals surface area (Å²) in [5, 5.41) is 20.6. The van der Waals surface area contributed by atoms with E-state index in [9.17, 15) is 9.90 Å². The molecule has 3 fully saturated rings. The number of aliphatic carboxylic acids is 1. The lowest BCUT2D eigenvalue weighted by molar-refractivity contribution is -0.143. The van der Waals surface area contributed by atoms with E-state index in [2.05, 4.69) is 26.5 Å². The van der Waals surface area contributed by atoms with Crippen LogP contribution in [0.1, 0.15) is 75.6 Å². The summed E-state index contributed by atoms with van der Waals surface area (Å²) in [4.78, 5) is 23.7. The van der Waals surface area contributed by atoms with Crippen LogP contribution in [-0.2, 0) is 4.79 Å². The molecule has 3 heterocycles. The monoisotopic (exact) mass is 452 g/mol. The Hall–Kier alpha value is -2.64. The highest BCUT2D eigenvalue weighted by molar-refractivity contribution is 5.70. The minimum Gasteiger partial charge on any atom is -0.481 e. The van der Waals surface area contributed by atoms with Gasteiger partial charge >= 0.3 is 5.97 Å². The van der Waals surface area contributed by atoms with Gasteiger partial charge in [0.1, 0.15) is 11.6 Å². The number of aryl methyl sites for hydroxylation is 1. The number of rotatable bonds is 7. The number of piperidine rings is 1. The number of H-pyrrole nitrogens is 1. The number of aromatic nitrogens is 4. The Kier molecular flexibility index (Phi) is 6.25. The van der Waals surface area contributed by atoms with Crippen LogP contribution in [-0.4, -0.2) is 44.3 Å². The molecule has 2 aliphatic carbocycles. The van der Waals surface area contributed by atoms with Crippen molar-refractivity contribution in [3.05, 3.63) is 23.5 Å². The highest BCUT2D eigenvalue weighted by Gasteiger charge is 2.38. The Bertz CT molecular complexity index is 981. The zero-order valence-corrected chi connectivity index (χ0v) is 19.8. The topological polar surface area (TPSA) is 107 Å². The molecule has 0 spiro atoms. The lowest BCUT2D eigenvalue weighted by atomic mass is 9.72. The number of nitrogens with zero attached hydrogens (tertiary/aromatic N) is 4. The van der Waals surface area contributed by atoms with Gasteiger partial charge in [0.2, 0.25) is 5.95 Å². The largest absolute Gasteiger partial charge is 0.481 e. The molecule has 8 heteroatoms. The Morgan fingerprint density at radius 3 is 2.64 bits per heavy atom. The average Bonchev–Trinajstić information content (AvgIpc) is 3.57. The van der Waals surface area contributed by atoms with Crippen molar-refractivity contribution < 1.29 is 9.90 Å². The number of carboxylic acid groups (broad SMARTS) is 1. The van der Waals surface area contributed by atoms with E-state index in [0.29, 0.717) is 30.2 Å². The van der Waals surface area contributed by atoms with Gasteiger partial charge in [-0.1, -0.05) is 39.0 Å². The highest BCUT2D eigenvalue weighted by atomic mass is 16.4. The first-order chi connectivity index (χ1) is 16.0. The fourth-order valence-corrected chi connectivity index (χ4v) is 5.74. The molecule has 3 aliphatic rings. The van der Waals surface area contributed by atoms with Gasteiger partial charge in [-0.05, 0) is 43.9 Å². The lowest BCUT2D eigenvalue weighted by Crippen LogP contribution is -2.47. The summed E-state index contributed by atoms with van der Waals surface area (Å²) in [7, 11) is 0. The van der Waals surface area contributed by atoms with Gasteiger partial charge in [0, 0.05) is 36.8 Å². The molecule has 0 radical (unpaired) electrons. The van der Waals surface area contributed by atoms with E-state index < -0.39 is 5.97 Å². The van der Waals surface area contributed by atoms with Crippen molar-refractivity contribution in [2.45, 2.75) is 71.1 Å². The molecule has 2 aromatic heterocycles. The summed E-state index contributed by atoms with van der Waals surface area (Å²) < 4.78 is 0. The van der Waals surface area contributed by atoms with Crippen LogP contribution in [0, 0.1) is 30.6 Å². The zero-order valence-electron chi connectivity index (χ0n) is 19.8. The molecule has 1 unspecified atom stereocenters. The van der Waals surface area contributed by atoms with E-state index in [1.165, 1.54) is 44.9 Å². The fourth-order valence-electron chi connectivity index (χ4n) is 5.74. The van der Waals surface area contributed by atoms with Gasteiger partial charge in [-0.2, -0.15) is 10.1 Å². The van der Waals surface area contributed by atoms with Crippen LogP contribution in [0.15, 0.2) is 12.1 Å². The maximum Gasteiger partial charge on any atom is 0.306 e. The normalized spacial score (nSPS) is 25.1. The summed E-state index contributed by atoms with van der Waals surface area (Å²) in [5.74, 6) is 3.09. The van der Waals surface area contributed by atoms with Crippen molar-refractivity contribution >= 4 is 23.6 Å². The molecule has 8 nitrogen and oxygen atoms in total. The second-order valence-electron chi connectivity index (χ2n) is 10.5. The van der Waals surface area contributed by atoms with E-state index in [0.717, 1.165) is 36.0 Å². The van der Waals surface area contributed by atoms with Crippen LogP contribution in [0.4, 0.5) is 17.6 Å². The van der Waals surface area contributed by atoms with Crippen molar-refractivity contribution in [2.75, 3.05) is 23.3 Å². The summed E-state index contributed by atoms with van der Waals surface area (Å²) in [6.45, 7) is 5.44. The van der Waals surface area contributed by atoms with Gasteiger partial charge in [0.05, 0.1) is 11.6 Å². The van der Waals surface area contributed by atoms with Crippen LogP contribution < -0.4 is 10.2 Å². The van der Waals surface area contributed by atoms with Gasteiger partial charge in [-0.3, -0.25) is 9.89 Å². The molecular weight excluding hydrogens is 416 g/mol. The average molecular weight is 453 g/mol. The molecule has 0 amide bonds. The standard InChI is InChI=1S/C25H36N6O2/c1-15-10-22(27-23-12-21(29-30-23)18-8-9-18)28-25(26-15)31-13-19(16(2)24(32)33)11-20(14-31)17-6-4-3-5-7-17/h10,12,16-20H,3-9,11,13-14H2,1-2H3,(H,32,33)(H2,26,27,28,29,30)/t16?,19-,20+/m0/s1. The van der Waals surface area contributed by atoms with Crippen molar-refractivity contribution in [3.63, 3.8) is 0 Å². The molecule has 2 aromatic rings. The Labute approximate surface area is 195 Å². The number of aromatic amines is 1. The van der Waals surface area contributed by atoms with Gasteiger partial charge < -0.3 is 15.3 Å². The molecule has 1 saturated heterocycles. The van der Waals surface area contributed by atoms with Crippen LogP contribution >= 0.6 is 0 Å². The van der Waals surface area contributed by atoms with Crippen LogP contribution in [0.5, 0.6) is 0 Å². The first-order valence-corrected chi connectivity index (χ1v) is 12.6. The minimum atomic E-state index is -0.706. The third-order valence-corrected chi connectivity index (χ3v) is 7.91. The molecule has 5 rings (SSSR count). The van der Waals surface area contributed by atoms with E-state index in [-0.39, 0.29) is 11.8 Å². The quantitative estimate of drug-likeness (QED) is 0.550. The Balaban J connectivity index is 1.37. The smallest absolute Gasteiger partial charge is 0.306 e. The number of hydrogen-bond donors (Lipinski definition) is 3. The summed E-state index contributed by atoms with van der Waals surface area (Å²) in [5.41, 5.74) is 2.01. The molecule has 0 aromatic carbocycles. The molecule has 1 aliphatic heterocycles. The predicted molar refractivity (Wildman–Crippen MR) is 128 cm³/mol. The summed E-state index contributed by atoms with van der Waals surface area (Å²) in [6, 6.07) is 4.01. The molecule has 3 N–H and O–H groups in total. The first-order valence-electron chi connectivity index (χ1n) is 12.6.